The summed E-state index contributed by atoms with van der Waals surface area (Å²) in [5, 5.41) is 15.9. The smallest absolute Gasteiger partial charge is 0.326 e. The van der Waals surface area contributed by atoms with Crippen LogP contribution < -0.4 is 4.74 Å². The number of hydrogen-bond donors (Lipinski definition) is 2. The van der Waals surface area contributed by atoms with Gasteiger partial charge in [-0.25, -0.2) is 4.79 Å². The fourth-order valence-electron chi connectivity index (χ4n) is 2.89. The van der Waals surface area contributed by atoms with Crippen molar-refractivity contribution in [2.75, 3.05) is 13.7 Å². The lowest BCUT2D eigenvalue weighted by Crippen LogP contribution is -2.40. The van der Waals surface area contributed by atoms with Gasteiger partial charge in [0.2, 0.25) is 0 Å². The van der Waals surface area contributed by atoms with Gasteiger partial charge in [0, 0.05) is 29.4 Å². The molecule has 1 saturated heterocycles. The first-order valence-electron chi connectivity index (χ1n) is 7.33. The van der Waals surface area contributed by atoms with Gasteiger partial charge in [0.25, 0.3) is 5.91 Å². The lowest BCUT2D eigenvalue weighted by Gasteiger charge is -2.22. The number of rotatable bonds is 4. The van der Waals surface area contributed by atoms with Crippen LogP contribution in [0.3, 0.4) is 0 Å². The molecule has 2 aromatic rings. The SMILES string of the molecule is COc1cc(C(=O)N2CCC[C@@H]2C(=O)O)ccc1-c1cn[nH]c1. The van der Waals surface area contributed by atoms with Crippen LogP contribution >= 0.6 is 0 Å². The molecule has 1 amide bonds. The zero-order valence-corrected chi connectivity index (χ0v) is 12.7. The number of benzene rings is 1. The standard InChI is InChI=1S/C16H17N3O4/c1-23-14-7-10(4-5-12(14)11-8-17-18-9-11)15(20)19-6-2-3-13(19)16(21)22/h4-5,7-9,13H,2-3,6H2,1H3,(H,17,18)(H,21,22)/t13-/m1/s1. The summed E-state index contributed by atoms with van der Waals surface area (Å²) >= 11 is 0. The molecule has 2 heterocycles. The van der Waals surface area contributed by atoms with Crippen molar-refractivity contribution in [3.8, 4) is 16.9 Å². The summed E-state index contributed by atoms with van der Waals surface area (Å²) in [6.45, 7) is 0.460. The number of H-pyrrole nitrogens is 1. The van der Waals surface area contributed by atoms with Crippen molar-refractivity contribution in [1.29, 1.82) is 0 Å². The van der Waals surface area contributed by atoms with E-state index in [-0.39, 0.29) is 5.91 Å². The summed E-state index contributed by atoms with van der Waals surface area (Å²) < 4.78 is 5.37. The molecule has 0 unspecified atom stereocenters. The molecular formula is C16H17N3O4. The molecule has 1 aromatic heterocycles. The minimum atomic E-state index is -0.960. The van der Waals surface area contributed by atoms with Gasteiger partial charge in [-0.2, -0.15) is 5.10 Å². The number of methoxy groups -OCH3 is 1. The quantitative estimate of drug-likeness (QED) is 0.896. The molecule has 0 saturated carbocycles. The third-order valence-corrected chi connectivity index (χ3v) is 4.06. The van der Waals surface area contributed by atoms with Gasteiger partial charge in [0.1, 0.15) is 11.8 Å². The van der Waals surface area contributed by atoms with Crippen LogP contribution in [0.5, 0.6) is 5.75 Å². The Morgan fingerprint density at radius 2 is 2.26 bits per heavy atom. The Labute approximate surface area is 132 Å². The highest BCUT2D eigenvalue weighted by molar-refractivity contribution is 5.98. The molecule has 1 atom stereocenters. The third-order valence-electron chi connectivity index (χ3n) is 4.06. The number of carboxylic acids is 1. The molecule has 0 spiro atoms. The van der Waals surface area contributed by atoms with Crippen LogP contribution in [-0.2, 0) is 4.79 Å². The Morgan fingerprint density at radius 3 is 2.91 bits per heavy atom. The summed E-state index contributed by atoms with van der Waals surface area (Å²) in [6.07, 6.45) is 4.60. The third kappa shape index (κ3) is 2.77. The van der Waals surface area contributed by atoms with Gasteiger partial charge in [-0.15, -0.1) is 0 Å². The Kier molecular flexibility index (Phi) is 4.01. The van der Waals surface area contributed by atoms with E-state index in [0.717, 1.165) is 11.1 Å². The molecule has 120 valence electrons. The Balaban J connectivity index is 1.91. The maximum absolute atomic E-state index is 12.6. The number of nitrogens with zero attached hydrogens (tertiary/aromatic N) is 2. The normalized spacial score (nSPS) is 17.3. The summed E-state index contributed by atoms with van der Waals surface area (Å²) in [4.78, 5) is 25.3. The van der Waals surface area contributed by atoms with Crippen LogP contribution in [0.1, 0.15) is 23.2 Å². The van der Waals surface area contributed by atoms with E-state index in [1.54, 1.807) is 30.6 Å². The van der Waals surface area contributed by atoms with Gasteiger partial charge >= 0.3 is 5.97 Å². The molecule has 7 nitrogen and oxygen atoms in total. The number of amides is 1. The number of nitrogens with one attached hydrogen (secondary N) is 1. The number of aliphatic carboxylic acids is 1. The van der Waals surface area contributed by atoms with Crippen LogP contribution in [0.15, 0.2) is 30.6 Å². The van der Waals surface area contributed by atoms with Gasteiger partial charge in [0.15, 0.2) is 0 Å². The van der Waals surface area contributed by atoms with Crippen molar-refractivity contribution in [2.24, 2.45) is 0 Å². The van der Waals surface area contributed by atoms with E-state index in [2.05, 4.69) is 10.2 Å². The topological polar surface area (TPSA) is 95.5 Å². The lowest BCUT2D eigenvalue weighted by atomic mass is 10.0. The fourth-order valence-corrected chi connectivity index (χ4v) is 2.89. The van der Waals surface area contributed by atoms with Gasteiger partial charge in [-0.3, -0.25) is 9.89 Å². The van der Waals surface area contributed by atoms with Crippen LogP contribution in [0.4, 0.5) is 0 Å². The van der Waals surface area contributed by atoms with Gasteiger partial charge in [0.05, 0.1) is 13.3 Å². The monoisotopic (exact) mass is 315 g/mol. The van der Waals surface area contributed by atoms with Crippen molar-refractivity contribution in [1.82, 2.24) is 15.1 Å². The number of aromatic amines is 1. The summed E-state index contributed by atoms with van der Waals surface area (Å²) in [5.74, 6) is -0.701. The largest absolute Gasteiger partial charge is 0.496 e. The first-order valence-corrected chi connectivity index (χ1v) is 7.33. The molecule has 1 fully saturated rings. The molecule has 0 bridgehead atoms. The van der Waals surface area contributed by atoms with Crippen LogP contribution in [0.2, 0.25) is 0 Å². The van der Waals surface area contributed by atoms with E-state index >= 15 is 0 Å². The maximum atomic E-state index is 12.6. The van der Waals surface area contributed by atoms with E-state index in [1.165, 1.54) is 12.0 Å². The average Bonchev–Trinajstić information content (AvgIpc) is 3.24. The molecule has 0 radical (unpaired) electrons. The number of ether oxygens (including phenoxy) is 1. The highest BCUT2D eigenvalue weighted by Gasteiger charge is 2.34. The lowest BCUT2D eigenvalue weighted by molar-refractivity contribution is -0.141. The molecular weight excluding hydrogens is 298 g/mol. The molecule has 1 aliphatic rings. The van der Waals surface area contributed by atoms with Crippen molar-refractivity contribution < 1.29 is 19.4 Å². The van der Waals surface area contributed by atoms with Crippen molar-refractivity contribution >= 4 is 11.9 Å². The highest BCUT2D eigenvalue weighted by atomic mass is 16.5. The summed E-state index contributed by atoms with van der Waals surface area (Å²) in [5.41, 5.74) is 2.08. The van der Waals surface area contributed by atoms with E-state index in [9.17, 15) is 14.7 Å². The minimum Gasteiger partial charge on any atom is -0.496 e. The number of hydrogen-bond acceptors (Lipinski definition) is 4. The number of likely N-dealkylation sites (tertiary alicyclic amines) is 1. The van der Waals surface area contributed by atoms with Gasteiger partial charge in [-0.05, 0) is 31.0 Å². The predicted molar refractivity (Wildman–Crippen MR) is 82.3 cm³/mol. The minimum absolute atomic E-state index is 0.285. The Bertz CT molecular complexity index is 727. The van der Waals surface area contributed by atoms with E-state index in [0.29, 0.717) is 30.7 Å². The molecule has 1 aromatic carbocycles. The van der Waals surface area contributed by atoms with Gasteiger partial charge in [-0.1, -0.05) is 0 Å². The van der Waals surface area contributed by atoms with E-state index in [4.69, 9.17) is 4.74 Å². The molecule has 23 heavy (non-hydrogen) atoms. The van der Waals surface area contributed by atoms with Crippen molar-refractivity contribution in [3.63, 3.8) is 0 Å². The predicted octanol–water partition coefficient (Wildman–Crippen LogP) is 1.77. The highest BCUT2D eigenvalue weighted by Crippen LogP contribution is 2.31. The first-order chi connectivity index (χ1) is 11.1. The molecule has 1 aliphatic heterocycles. The molecule has 7 heteroatoms. The number of aromatic nitrogens is 2. The zero-order valence-electron chi connectivity index (χ0n) is 12.7. The van der Waals surface area contributed by atoms with Gasteiger partial charge < -0.3 is 14.7 Å². The number of carbonyl (C=O) groups excluding carboxylic acids is 1. The second kappa shape index (κ2) is 6.12. The maximum Gasteiger partial charge on any atom is 0.326 e. The average molecular weight is 315 g/mol. The van der Waals surface area contributed by atoms with Crippen LogP contribution in [0.25, 0.3) is 11.1 Å². The number of carbonyl (C=O) groups is 2. The molecule has 3 rings (SSSR count). The van der Waals surface area contributed by atoms with Crippen LogP contribution in [-0.4, -0.2) is 51.8 Å². The molecule has 2 N–H and O–H groups in total. The Morgan fingerprint density at radius 1 is 1.43 bits per heavy atom. The van der Waals surface area contributed by atoms with Crippen molar-refractivity contribution in [3.05, 3.63) is 36.2 Å². The second-order valence-corrected chi connectivity index (χ2v) is 5.40. The number of carboxylic acid groups (broad SMARTS) is 1. The van der Waals surface area contributed by atoms with Crippen LogP contribution in [0, 0.1) is 0 Å². The van der Waals surface area contributed by atoms with Crippen molar-refractivity contribution in [2.45, 2.75) is 18.9 Å². The van der Waals surface area contributed by atoms with E-state index in [1.807, 2.05) is 0 Å². The zero-order chi connectivity index (χ0) is 16.4. The second-order valence-electron chi connectivity index (χ2n) is 5.40. The summed E-state index contributed by atoms with van der Waals surface area (Å²) in [6, 6.07) is 4.36. The van der Waals surface area contributed by atoms with E-state index < -0.39 is 12.0 Å². The first kappa shape index (κ1) is 15.1. The summed E-state index contributed by atoms with van der Waals surface area (Å²) in [7, 11) is 1.53. The molecule has 0 aliphatic carbocycles. The Hall–Kier alpha value is -2.83. The fraction of sp³-hybridized carbons (Fsp3) is 0.312.